The van der Waals surface area contributed by atoms with Crippen LogP contribution >= 0.6 is 0 Å². The molecule has 0 aliphatic heterocycles. The molecule has 0 rings (SSSR count). The van der Waals surface area contributed by atoms with Gasteiger partial charge in [-0.2, -0.15) is 0 Å². The van der Waals surface area contributed by atoms with E-state index in [2.05, 4.69) is 86.8 Å². The van der Waals surface area contributed by atoms with E-state index in [0.29, 0.717) is 19.3 Å². The molecule has 0 aromatic heterocycles. The summed E-state index contributed by atoms with van der Waals surface area (Å²) in [5.41, 5.74) is 0. The first-order valence-electron chi connectivity index (χ1n) is 25.1. The summed E-state index contributed by atoms with van der Waals surface area (Å²) in [6.45, 7) is 6.32. The Morgan fingerprint density at radius 1 is 0.508 bits per heavy atom. The lowest BCUT2D eigenvalue weighted by Gasteiger charge is -2.24. The number of aliphatic hydroxyl groups excluding tert-OH is 2. The highest BCUT2D eigenvalue weighted by Gasteiger charge is 2.24. The first-order valence-corrected chi connectivity index (χ1v) is 25.1. The first-order chi connectivity index (χ1) is 29.0. The van der Waals surface area contributed by atoms with Gasteiger partial charge in [-0.25, -0.2) is 0 Å². The molecule has 0 aliphatic carbocycles. The van der Waals surface area contributed by atoms with E-state index >= 15 is 0 Å². The van der Waals surface area contributed by atoms with Crippen LogP contribution in [0.5, 0.6) is 0 Å². The molecule has 0 aliphatic rings. The summed E-state index contributed by atoms with van der Waals surface area (Å²) in [5, 5.41) is 23.7. The van der Waals surface area contributed by atoms with Gasteiger partial charge in [0, 0.05) is 6.42 Å². The molecule has 6 nitrogen and oxygen atoms in total. The number of hydrogen-bond acceptors (Lipinski definition) is 5. The van der Waals surface area contributed by atoms with Crippen LogP contribution in [-0.2, 0) is 14.3 Å². The third-order valence-corrected chi connectivity index (χ3v) is 11.2. The molecule has 342 valence electrons. The molecule has 0 spiro atoms. The molecule has 0 aromatic carbocycles. The van der Waals surface area contributed by atoms with Crippen molar-refractivity contribution in [1.29, 1.82) is 0 Å². The highest BCUT2D eigenvalue weighted by molar-refractivity contribution is 5.77. The Balaban J connectivity index is 4.68. The van der Waals surface area contributed by atoms with Crippen LogP contribution in [0, 0.1) is 0 Å². The predicted octanol–water partition coefficient (Wildman–Crippen LogP) is 14.8. The Kier molecular flexibility index (Phi) is 44.7. The molecule has 0 radical (unpaired) electrons. The number of nitrogens with one attached hydrogen (secondary N) is 1. The molecule has 0 aromatic rings. The molecule has 6 heteroatoms. The van der Waals surface area contributed by atoms with Gasteiger partial charge >= 0.3 is 5.97 Å². The Labute approximate surface area is 365 Å². The summed E-state index contributed by atoms with van der Waals surface area (Å²) in [6.07, 6.45) is 57.1. The minimum Gasteiger partial charge on any atom is -0.462 e. The van der Waals surface area contributed by atoms with E-state index < -0.39 is 18.2 Å². The number of unbranched alkanes of at least 4 members (excludes halogenated alkanes) is 25. The lowest BCUT2D eigenvalue weighted by molar-refractivity contribution is -0.151. The van der Waals surface area contributed by atoms with E-state index in [1.165, 1.54) is 96.3 Å². The normalized spacial score (nSPS) is 13.8. The van der Waals surface area contributed by atoms with Gasteiger partial charge in [0.1, 0.15) is 6.10 Å². The average Bonchev–Trinajstić information content (AvgIpc) is 3.23. The van der Waals surface area contributed by atoms with Crippen molar-refractivity contribution in [1.82, 2.24) is 5.32 Å². The van der Waals surface area contributed by atoms with Crippen molar-refractivity contribution in [2.24, 2.45) is 0 Å². The fourth-order valence-corrected chi connectivity index (χ4v) is 7.36. The zero-order valence-electron chi connectivity index (χ0n) is 38.9. The van der Waals surface area contributed by atoms with Gasteiger partial charge in [0.15, 0.2) is 0 Å². The summed E-state index contributed by atoms with van der Waals surface area (Å²) in [7, 11) is 0. The van der Waals surface area contributed by atoms with E-state index in [0.717, 1.165) is 96.3 Å². The van der Waals surface area contributed by atoms with Gasteiger partial charge in [0.2, 0.25) is 5.91 Å². The van der Waals surface area contributed by atoms with E-state index in [-0.39, 0.29) is 24.9 Å². The topological polar surface area (TPSA) is 95.9 Å². The number of esters is 1. The van der Waals surface area contributed by atoms with Crippen LogP contribution < -0.4 is 5.32 Å². The Hall–Kier alpha value is -2.44. The van der Waals surface area contributed by atoms with E-state index in [4.69, 9.17) is 4.74 Å². The molecule has 0 heterocycles. The van der Waals surface area contributed by atoms with Crippen molar-refractivity contribution in [2.75, 3.05) is 6.61 Å². The van der Waals surface area contributed by atoms with Gasteiger partial charge in [0.05, 0.1) is 25.2 Å². The second kappa shape index (κ2) is 46.6. The number of ether oxygens (including phenoxy) is 1. The van der Waals surface area contributed by atoms with Crippen LogP contribution in [0.1, 0.15) is 239 Å². The van der Waals surface area contributed by atoms with E-state index in [9.17, 15) is 19.8 Å². The molecule has 3 N–H and O–H groups in total. The second-order valence-corrected chi connectivity index (χ2v) is 16.9. The van der Waals surface area contributed by atoms with Crippen molar-refractivity contribution >= 4 is 11.9 Å². The first kappa shape index (κ1) is 56.6. The Morgan fingerprint density at radius 3 is 1.41 bits per heavy atom. The minimum atomic E-state index is -0.799. The summed E-state index contributed by atoms with van der Waals surface area (Å²) < 4.78 is 5.90. The lowest BCUT2D eigenvalue weighted by Crippen LogP contribution is -2.46. The fourth-order valence-electron chi connectivity index (χ4n) is 7.36. The Morgan fingerprint density at radius 2 is 0.915 bits per heavy atom. The predicted molar refractivity (Wildman–Crippen MR) is 255 cm³/mol. The molecule has 1 amide bonds. The molecular weight excluding hydrogens is 731 g/mol. The van der Waals surface area contributed by atoms with Gasteiger partial charge in [-0.1, -0.05) is 216 Å². The maximum atomic E-state index is 13.2. The van der Waals surface area contributed by atoms with E-state index in [1.54, 1.807) is 0 Å². The smallest absolute Gasteiger partial charge is 0.306 e. The molecule has 0 saturated heterocycles. The van der Waals surface area contributed by atoms with E-state index in [1.807, 2.05) is 0 Å². The number of rotatable bonds is 44. The molecular formula is C53H95NO5. The number of allylic oxidation sites excluding steroid dienone is 10. The summed E-state index contributed by atoms with van der Waals surface area (Å²) >= 11 is 0. The van der Waals surface area contributed by atoms with Crippen LogP contribution in [0.4, 0.5) is 0 Å². The standard InChI is InChI=1S/C53H95NO5/c1-4-7-10-13-16-19-22-24-25-26-28-30-32-35-38-41-44-49(59-53(58)46-43-40-37-34-31-27-23-20-17-14-11-8-5-2)47-52(57)54-50(48-55)51(56)45-42-39-36-33-29-21-18-15-12-9-6-3/h8,11,14,17,20,23,25-26,28,30,49-51,55-56H,4-7,9-10,12-13,15-16,18-19,21-22,24,27,29,31-48H2,1-3H3,(H,54,57)/b11-8+,17-14+,23-20-,26-25+,30-28+. The highest BCUT2D eigenvalue weighted by atomic mass is 16.5. The van der Waals surface area contributed by atoms with Crippen LogP contribution in [0.15, 0.2) is 60.8 Å². The van der Waals surface area contributed by atoms with Crippen molar-refractivity contribution in [3.05, 3.63) is 60.8 Å². The quantitative estimate of drug-likeness (QED) is 0.0323. The maximum absolute atomic E-state index is 13.2. The number of carbonyl (C=O) groups excluding carboxylic acids is 2. The van der Waals surface area contributed by atoms with Gasteiger partial charge < -0.3 is 20.3 Å². The molecule has 0 saturated carbocycles. The molecule has 0 bridgehead atoms. The lowest BCUT2D eigenvalue weighted by atomic mass is 10.0. The summed E-state index contributed by atoms with van der Waals surface area (Å²) in [4.78, 5) is 26.1. The number of carbonyl (C=O) groups is 2. The van der Waals surface area contributed by atoms with Crippen LogP contribution in [0.2, 0.25) is 0 Å². The SMILES string of the molecule is CC/C=C/C=C/C=C\CCCCCCCC(=O)OC(CCCCC/C=C/C=C/CCCCCCCCC)CC(=O)NC(CO)C(O)CCCCCCCCCCCCC. The van der Waals surface area contributed by atoms with Gasteiger partial charge in [-0.3, -0.25) is 9.59 Å². The summed E-state index contributed by atoms with van der Waals surface area (Å²) in [5.74, 6) is -0.524. The monoisotopic (exact) mass is 826 g/mol. The largest absolute Gasteiger partial charge is 0.462 e. The van der Waals surface area contributed by atoms with Crippen molar-refractivity contribution in [2.45, 2.75) is 257 Å². The summed E-state index contributed by atoms with van der Waals surface area (Å²) in [6, 6.07) is -0.715. The van der Waals surface area contributed by atoms with Crippen molar-refractivity contribution in [3.63, 3.8) is 0 Å². The Bertz CT molecular complexity index is 1060. The van der Waals surface area contributed by atoms with Crippen LogP contribution in [0.25, 0.3) is 0 Å². The average molecular weight is 826 g/mol. The number of aliphatic hydroxyl groups is 2. The maximum Gasteiger partial charge on any atom is 0.306 e. The number of amides is 1. The van der Waals surface area contributed by atoms with Crippen molar-refractivity contribution in [3.8, 4) is 0 Å². The third-order valence-electron chi connectivity index (χ3n) is 11.2. The number of hydrogen-bond donors (Lipinski definition) is 3. The van der Waals surface area contributed by atoms with Crippen LogP contribution in [0.3, 0.4) is 0 Å². The third kappa shape index (κ3) is 42.1. The minimum absolute atomic E-state index is 0.0500. The fraction of sp³-hybridized carbons (Fsp3) is 0.774. The zero-order chi connectivity index (χ0) is 43.1. The highest BCUT2D eigenvalue weighted by Crippen LogP contribution is 2.17. The molecule has 3 atom stereocenters. The molecule has 0 fully saturated rings. The van der Waals surface area contributed by atoms with Gasteiger partial charge in [0.25, 0.3) is 0 Å². The van der Waals surface area contributed by atoms with Gasteiger partial charge in [-0.05, 0) is 70.6 Å². The van der Waals surface area contributed by atoms with Crippen LogP contribution in [-0.4, -0.2) is 46.9 Å². The zero-order valence-corrected chi connectivity index (χ0v) is 38.9. The van der Waals surface area contributed by atoms with Gasteiger partial charge in [-0.15, -0.1) is 0 Å². The second-order valence-electron chi connectivity index (χ2n) is 16.9. The van der Waals surface area contributed by atoms with Crippen molar-refractivity contribution < 1.29 is 24.5 Å². The molecule has 3 unspecified atom stereocenters. The molecule has 59 heavy (non-hydrogen) atoms.